The average Bonchev–Trinajstić information content (AvgIpc) is 2.64. The van der Waals surface area contributed by atoms with Gasteiger partial charge >= 0.3 is 6.03 Å². The molecule has 27 heavy (non-hydrogen) atoms. The number of hydrogen-bond acceptors (Lipinski definition) is 4. The molecule has 0 fully saturated rings. The van der Waals surface area contributed by atoms with Crippen molar-refractivity contribution in [2.24, 2.45) is 5.92 Å². The molecule has 160 valence electrons. The molecule has 4 N–H and O–H groups in total. The molecule has 0 heterocycles. The van der Waals surface area contributed by atoms with Crippen LogP contribution in [-0.2, 0) is 16.0 Å². The lowest BCUT2D eigenvalue weighted by atomic mass is 10.1. The van der Waals surface area contributed by atoms with Crippen molar-refractivity contribution in [1.29, 1.82) is 0 Å². The molecule has 0 aliphatic carbocycles. The van der Waals surface area contributed by atoms with E-state index >= 15 is 0 Å². The van der Waals surface area contributed by atoms with Crippen molar-refractivity contribution in [2.75, 3.05) is 13.1 Å². The summed E-state index contributed by atoms with van der Waals surface area (Å²) >= 11 is 0. The number of likely N-dealkylation sites (N-methyl/N-ethyl adjacent to an activating group) is 1. The molecule has 0 saturated heterocycles. The summed E-state index contributed by atoms with van der Waals surface area (Å²) in [7, 11) is 0. The highest BCUT2D eigenvalue weighted by Gasteiger charge is 2.18. The molecule has 0 spiro atoms. The first-order chi connectivity index (χ1) is 12.8. The van der Waals surface area contributed by atoms with Crippen LogP contribution in [0.15, 0.2) is 30.3 Å². The molecule has 1 atom stereocenters. The van der Waals surface area contributed by atoms with Crippen LogP contribution in [0, 0.1) is 5.92 Å². The minimum Gasteiger partial charge on any atom is -0.330 e. The number of nitrogens with one attached hydrogen (secondary N) is 4. The Morgan fingerprint density at radius 2 is 1.59 bits per heavy atom. The highest BCUT2D eigenvalue weighted by molar-refractivity contribution is 5.87. The lowest BCUT2D eigenvalue weighted by Gasteiger charge is -2.18. The molecule has 0 saturated carbocycles. The van der Waals surface area contributed by atoms with Crippen molar-refractivity contribution in [3.63, 3.8) is 0 Å². The van der Waals surface area contributed by atoms with Gasteiger partial charge < -0.3 is 10.6 Å². The number of benzene rings is 1. The van der Waals surface area contributed by atoms with Gasteiger partial charge in [0.1, 0.15) is 0 Å². The van der Waals surface area contributed by atoms with E-state index < -0.39 is 12.1 Å². The van der Waals surface area contributed by atoms with E-state index in [1.165, 1.54) is 0 Å². The monoisotopic (exact) mass is 386 g/mol. The SMILES string of the molecule is CC(C)C.CCN[C@@H](Cc1ccccc1)C(=O)NNC(=O)NCC(=O)CC.[HH].[HH].[HH].[HH]. The minimum absolute atomic E-state index is 0. The number of Topliss-reactive ketones (excluding diaryl/α,β-unsaturated/α-hetero) is 1. The Labute approximate surface area is 168 Å². The van der Waals surface area contributed by atoms with Crippen LogP contribution in [0.3, 0.4) is 0 Å². The summed E-state index contributed by atoms with van der Waals surface area (Å²) in [5, 5.41) is 5.45. The molecular formula is C20H42N4O3. The van der Waals surface area contributed by atoms with Crippen molar-refractivity contribution in [1.82, 2.24) is 21.5 Å². The summed E-state index contributed by atoms with van der Waals surface area (Å²) in [5.74, 6) is 0.411. The van der Waals surface area contributed by atoms with Gasteiger partial charge in [-0.15, -0.1) is 0 Å². The molecule has 3 amide bonds. The Balaban J connectivity index is -0.000000259. The van der Waals surface area contributed by atoms with Crippen LogP contribution in [0.2, 0.25) is 0 Å². The third-order valence-corrected chi connectivity index (χ3v) is 3.19. The molecule has 1 rings (SSSR count). The van der Waals surface area contributed by atoms with Gasteiger partial charge in [0.05, 0.1) is 12.6 Å². The van der Waals surface area contributed by atoms with Gasteiger partial charge in [-0.1, -0.05) is 65.0 Å². The molecule has 0 aromatic heterocycles. The van der Waals surface area contributed by atoms with E-state index in [-0.39, 0.29) is 23.9 Å². The van der Waals surface area contributed by atoms with E-state index in [1.54, 1.807) is 6.92 Å². The largest absolute Gasteiger partial charge is 0.333 e. The lowest BCUT2D eigenvalue weighted by molar-refractivity contribution is -0.123. The van der Waals surface area contributed by atoms with E-state index in [1.807, 2.05) is 37.3 Å². The topological polar surface area (TPSA) is 99.3 Å². The molecule has 0 bridgehead atoms. The van der Waals surface area contributed by atoms with Gasteiger partial charge in [-0.2, -0.15) is 0 Å². The molecule has 1 aromatic carbocycles. The molecule has 0 radical (unpaired) electrons. The number of rotatable bonds is 8. The van der Waals surface area contributed by atoms with Gasteiger partial charge in [-0.25, -0.2) is 10.2 Å². The number of carbonyl (C=O) groups is 3. The zero-order valence-electron chi connectivity index (χ0n) is 17.1. The molecule has 1 aromatic rings. The Morgan fingerprint density at radius 3 is 2.11 bits per heavy atom. The predicted octanol–water partition coefficient (Wildman–Crippen LogP) is 3.16. The number of carbonyl (C=O) groups excluding carboxylic acids is 3. The summed E-state index contributed by atoms with van der Waals surface area (Å²) in [6, 6.07) is 8.53. The van der Waals surface area contributed by atoms with Crippen molar-refractivity contribution >= 4 is 17.7 Å². The summed E-state index contributed by atoms with van der Waals surface area (Å²) in [6.07, 6.45) is 0.865. The van der Waals surface area contributed by atoms with E-state index in [4.69, 9.17) is 0 Å². The second-order valence-corrected chi connectivity index (χ2v) is 6.72. The number of hydrazine groups is 1. The van der Waals surface area contributed by atoms with Crippen LogP contribution in [0.4, 0.5) is 4.79 Å². The Morgan fingerprint density at radius 1 is 1.00 bits per heavy atom. The molecule has 0 unspecified atom stereocenters. The van der Waals surface area contributed by atoms with Crippen LogP contribution < -0.4 is 21.5 Å². The molecular weight excluding hydrogens is 344 g/mol. The maximum absolute atomic E-state index is 12.2. The van der Waals surface area contributed by atoms with E-state index in [0.29, 0.717) is 19.4 Å². The third-order valence-electron chi connectivity index (χ3n) is 3.19. The highest BCUT2D eigenvalue weighted by atomic mass is 16.2. The van der Waals surface area contributed by atoms with Crippen LogP contribution in [0.5, 0.6) is 0 Å². The maximum Gasteiger partial charge on any atom is 0.333 e. The number of urea groups is 1. The zero-order valence-corrected chi connectivity index (χ0v) is 17.1. The average molecular weight is 387 g/mol. The van der Waals surface area contributed by atoms with E-state index in [0.717, 1.165) is 11.5 Å². The molecule has 0 aliphatic heterocycles. The predicted molar refractivity (Wildman–Crippen MR) is 117 cm³/mol. The fraction of sp³-hybridized carbons (Fsp3) is 0.550. The lowest BCUT2D eigenvalue weighted by Crippen LogP contribution is -2.54. The Hall–Kier alpha value is -2.41. The first kappa shape index (κ1) is 24.6. The van der Waals surface area contributed by atoms with Crippen molar-refractivity contribution in [3.8, 4) is 0 Å². The molecule has 0 aliphatic rings. The molecule has 7 nitrogen and oxygen atoms in total. The van der Waals surface area contributed by atoms with Crippen molar-refractivity contribution in [3.05, 3.63) is 35.9 Å². The van der Waals surface area contributed by atoms with Gasteiger partial charge in [0.25, 0.3) is 5.91 Å². The summed E-state index contributed by atoms with van der Waals surface area (Å²) < 4.78 is 0. The summed E-state index contributed by atoms with van der Waals surface area (Å²) in [4.78, 5) is 34.8. The second kappa shape index (κ2) is 14.7. The molecule has 7 heteroatoms. The van der Waals surface area contributed by atoms with Crippen molar-refractivity contribution in [2.45, 2.75) is 53.5 Å². The van der Waals surface area contributed by atoms with Crippen LogP contribution in [-0.4, -0.2) is 36.9 Å². The minimum atomic E-state index is -0.616. The van der Waals surface area contributed by atoms with Crippen LogP contribution in [0.25, 0.3) is 0 Å². The fourth-order valence-electron chi connectivity index (χ4n) is 1.91. The van der Waals surface area contributed by atoms with Gasteiger partial charge in [-0.05, 0) is 24.4 Å². The number of ketones is 1. The Bertz CT molecular complexity index is 576. The number of amides is 3. The third kappa shape index (κ3) is 13.5. The first-order valence-electron chi connectivity index (χ1n) is 9.42. The smallest absolute Gasteiger partial charge is 0.330 e. The van der Waals surface area contributed by atoms with Gasteiger partial charge in [0, 0.05) is 12.1 Å². The van der Waals surface area contributed by atoms with Crippen molar-refractivity contribution < 1.29 is 20.1 Å². The quantitative estimate of drug-likeness (QED) is 0.516. The normalized spacial score (nSPS) is 11.0. The maximum atomic E-state index is 12.2. The van der Waals surface area contributed by atoms with E-state index in [2.05, 4.69) is 42.3 Å². The van der Waals surface area contributed by atoms with Gasteiger partial charge in [0.2, 0.25) is 0 Å². The van der Waals surface area contributed by atoms with Crippen LogP contribution in [0.1, 0.15) is 52.3 Å². The second-order valence-electron chi connectivity index (χ2n) is 6.72. The summed E-state index contributed by atoms with van der Waals surface area (Å²) in [6.45, 7) is 10.7. The van der Waals surface area contributed by atoms with Crippen LogP contribution >= 0.6 is 0 Å². The number of hydrogen-bond donors (Lipinski definition) is 4. The highest BCUT2D eigenvalue weighted by Crippen LogP contribution is 2.03. The van der Waals surface area contributed by atoms with Gasteiger partial charge in [0.15, 0.2) is 5.78 Å². The summed E-state index contributed by atoms with van der Waals surface area (Å²) in [5.41, 5.74) is 5.62. The fourth-order valence-corrected chi connectivity index (χ4v) is 1.91. The van der Waals surface area contributed by atoms with Gasteiger partial charge in [-0.3, -0.25) is 15.0 Å². The van der Waals surface area contributed by atoms with E-state index in [9.17, 15) is 14.4 Å². The standard InChI is InChI=1S/C16H24N4O3.C4H10.4H2/c1-3-13(21)11-18-16(23)20-19-15(22)14(17-4-2)10-12-8-6-5-7-9-12;1-4(2)3;;;;/h5-9,14,17H,3-4,10-11H2,1-2H3,(H,19,22)(H2,18,20,23);4H,1-3H3;4*1H/t14-;;;;;/m0...../s1. The zero-order chi connectivity index (χ0) is 20.7. The first-order valence-corrected chi connectivity index (χ1v) is 9.42. The Kier molecular flexibility index (Phi) is 13.4.